The van der Waals surface area contributed by atoms with Crippen LogP contribution in [0.25, 0.3) is 0 Å². The Balaban J connectivity index is 1.74. The molecule has 3 rings (SSSR count). The molecule has 6 nitrogen and oxygen atoms in total. The van der Waals surface area contributed by atoms with Gasteiger partial charge in [0.25, 0.3) is 0 Å². The number of methoxy groups -OCH3 is 1. The van der Waals surface area contributed by atoms with Crippen LogP contribution in [-0.2, 0) is 5.60 Å². The summed E-state index contributed by atoms with van der Waals surface area (Å²) >= 11 is 7.41. The molecule has 0 saturated carbocycles. The van der Waals surface area contributed by atoms with E-state index in [1.165, 1.54) is 24.7 Å². The molecule has 3 aromatic rings. The van der Waals surface area contributed by atoms with Crippen molar-refractivity contribution in [2.75, 3.05) is 19.0 Å². The Bertz CT molecular complexity index is 831. The number of carbonyl (C=O) groups excluding carboxylic acids is 1. The van der Waals surface area contributed by atoms with Gasteiger partial charge in [0.05, 0.1) is 25.6 Å². The van der Waals surface area contributed by atoms with E-state index in [4.69, 9.17) is 20.8 Å². The SMILES string of the molecule is COc1ccc(Cl)cc1NC(=O)NC[C@](O)(c1ccsc1)c1ccco1. The maximum atomic E-state index is 12.3. The Hall–Kier alpha value is -2.48. The molecule has 2 heterocycles. The molecule has 0 aliphatic rings. The second-order valence-electron chi connectivity index (χ2n) is 5.50. The Morgan fingerprint density at radius 2 is 2.23 bits per heavy atom. The van der Waals surface area contributed by atoms with Gasteiger partial charge >= 0.3 is 6.03 Å². The van der Waals surface area contributed by atoms with Crippen molar-refractivity contribution in [1.82, 2.24) is 5.32 Å². The van der Waals surface area contributed by atoms with Crippen molar-refractivity contribution in [2.45, 2.75) is 5.60 Å². The van der Waals surface area contributed by atoms with Crippen LogP contribution >= 0.6 is 22.9 Å². The van der Waals surface area contributed by atoms with Crippen LogP contribution in [0.4, 0.5) is 10.5 Å². The number of nitrogens with one attached hydrogen (secondary N) is 2. The number of carbonyl (C=O) groups is 1. The van der Waals surface area contributed by atoms with Gasteiger partial charge in [-0.25, -0.2) is 4.79 Å². The van der Waals surface area contributed by atoms with E-state index in [1.54, 1.807) is 36.4 Å². The highest BCUT2D eigenvalue weighted by molar-refractivity contribution is 7.08. The quantitative estimate of drug-likeness (QED) is 0.590. The van der Waals surface area contributed by atoms with Gasteiger partial charge in [-0.15, -0.1) is 0 Å². The van der Waals surface area contributed by atoms with E-state index in [-0.39, 0.29) is 6.54 Å². The van der Waals surface area contributed by atoms with Gasteiger partial charge in [-0.2, -0.15) is 11.3 Å². The lowest BCUT2D eigenvalue weighted by Gasteiger charge is -2.26. The first-order valence-corrected chi connectivity index (χ1v) is 9.02. The summed E-state index contributed by atoms with van der Waals surface area (Å²) in [5.74, 6) is 0.820. The van der Waals surface area contributed by atoms with Crippen molar-refractivity contribution in [2.24, 2.45) is 0 Å². The summed E-state index contributed by atoms with van der Waals surface area (Å²) < 4.78 is 10.6. The number of amides is 2. The number of urea groups is 1. The van der Waals surface area contributed by atoms with Gasteiger partial charge in [-0.1, -0.05) is 11.6 Å². The van der Waals surface area contributed by atoms with Crippen LogP contribution in [0, 0.1) is 0 Å². The number of furan rings is 1. The van der Waals surface area contributed by atoms with Crippen molar-refractivity contribution >= 4 is 34.7 Å². The zero-order chi connectivity index (χ0) is 18.6. The fourth-order valence-electron chi connectivity index (χ4n) is 2.50. The van der Waals surface area contributed by atoms with Gasteiger partial charge < -0.3 is 24.9 Å². The average Bonchev–Trinajstić information content (AvgIpc) is 3.33. The maximum Gasteiger partial charge on any atom is 0.319 e. The number of anilines is 1. The van der Waals surface area contributed by atoms with Gasteiger partial charge in [0.1, 0.15) is 11.5 Å². The van der Waals surface area contributed by atoms with Crippen molar-refractivity contribution < 1.29 is 19.1 Å². The lowest BCUT2D eigenvalue weighted by Crippen LogP contribution is -2.42. The topological polar surface area (TPSA) is 83.7 Å². The van der Waals surface area contributed by atoms with Gasteiger partial charge in [0.2, 0.25) is 0 Å². The lowest BCUT2D eigenvalue weighted by molar-refractivity contribution is 0.0597. The first-order valence-electron chi connectivity index (χ1n) is 7.70. The fourth-order valence-corrected chi connectivity index (χ4v) is 3.39. The molecule has 0 aliphatic heterocycles. The summed E-state index contributed by atoms with van der Waals surface area (Å²) in [5.41, 5.74) is -0.410. The highest BCUT2D eigenvalue weighted by Crippen LogP contribution is 2.31. The largest absolute Gasteiger partial charge is 0.495 e. The normalized spacial score (nSPS) is 13.0. The third-order valence-electron chi connectivity index (χ3n) is 3.84. The minimum absolute atomic E-state index is 0.0774. The second-order valence-corrected chi connectivity index (χ2v) is 6.72. The summed E-state index contributed by atoms with van der Waals surface area (Å²) in [6.45, 7) is -0.0774. The minimum Gasteiger partial charge on any atom is -0.495 e. The van der Waals surface area contributed by atoms with Crippen LogP contribution in [-0.4, -0.2) is 24.8 Å². The number of thiophene rings is 1. The molecular formula is C18H17ClN2O4S. The number of aliphatic hydroxyl groups is 1. The summed E-state index contributed by atoms with van der Waals surface area (Å²) in [5, 5.41) is 20.6. The van der Waals surface area contributed by atoms with Crippen molar-refractivity contribution in [1.29, 1.82) is 0 Å². The molecule has 0 spiro atoms. The van der Waals surface area contributed by atoms with Crippen LogP contribution in [0.15, 0.2) is 57.8 Å². The van der Waals surface area contributed by atoms with Crippen LogP contribution in [0.3, 0.4) is 0 Å². The predicted octanol–water partition coefficient (Wildman–Crippen LogP) is 4.06. The molecule has 0 aliphatic carbocycles. The van der Waals surface area contributed by atoms with Gasteiger partial charge in [0, 0.05) is 10.6 Å². The number of ether oxygens (including phenoxy) is 1. The number of halogens is 1. The van der Waals surface area contributed by atoms with Gasteiger partial charge in [-0.3, -0.25) is 0 Å². The van der Waals surface area contributed by atoms with Crippen molar-refractivity contribution in [3.63, 3.8) is 0 Å². The number of hydrogen-bond acceptors (Lipinski definition) is 5. The molecule has 26 heavy (non-hydrogen) atoms. The van der Waals surface area contributed by atoms with Crippen LogP contribution in [0.2, 0.25) is 5.02 Å². The first kappa shape index (κ1) is 18.3. The molecular weight excluding hydrogens is 376 g/mol. The Morgan fingerprint density at radius 1 is 1.38 bits per heavy atom. The van der Waals surface area contributed by atoms with E-state index >= 15 is 0 Å². The van der Waals surface area contributed by atoms with E-state index in [0.717, 1.165) is 0 Å². The second kappa shape index (κ2) is 7.82. The third-order valence-corrected chi connectivity index (χ3v) is 4.76. The van der Waals surface area contributed by atoms with Crippen LogP contribution < -0.4 is 15.4 Å². The summed E-state index contributed by atoms with van der Waals surface area (Å²) in [7, 11) is 1.50. The van der Waals surface area contributed by atoms with E-state index in [9.17, 15) is 9.90 Å². The highest BCUT2D eigenvalue weighted by atomic mass is 35.5. The summed E-state index contributed by atoms with van der Waals surface area (Å²) in [6, 6.07) is 9.52. The molecule has 8 heteroatoms. The first-order chi connectivity index (χ1) is 12.5. The molecule has 1 aromatic carbocycles. The molecule has 0 unspecified atom stereocenters. The van der Waals surface area contributed by atoms with E-state index in [0.29, 0.717) is 27.8 Å². The Labute approximate surface area is 159 Å². The molecule has 2 amide bonds. The van der Waals surface area contributed by atoms with Crippen molar-refractivity contribution in [3.8, 4) is 5.75 Å². The standard InChI is InChI=1S/C18H17ClN2O4S/c1-24-15-5-4-13(19)9-14(15)21-17(22)20-11-18(23,12-6-8-26-10-12)16-3-2-7-25-16/h2-10,23H,11H2,1H3,(H2,20,21,22)/t18-/m0/s1. The Kier molecular flexibility index (Phi) is 5.51. The lowest BCUT2D eigenvalue weighted by atomic mass is 9.93. The zero-order valence-corrected chi connectivity index (χ0v) is 15.4. The average molecular weight is 393 g/mol. The smallest absolute Gasteiger partial charge is 0.319 e. The molecule has 136 valence electrons. The number of benzene rings is 1. The molecule has 0 fully saturated rings. The van der Waals surface area contributed by atoms with Crippen molar-refractivity contribution in [3.05, 3.63) is 69.8 Å². The number of rotatable bonds is 6. The molecule has 2 aromatic heterocycles. The van der Waals surface area contributed by atoms with E-state index in [1.807, 2.05) is 10.8 Å². The van der Waals surface area contributed by atoms with E-state index < -0.39 is 11.6 Å². The molecule has 3 N–H and O–H groups in total. The fraction of sp³-hybridized carbons (Fsp3) is 0.167. The molecule has 1 atom stereocenters. The molecule has 0 saturated heterocycles. The third kappa shape index (κ3) is 3.85. The van der Waals surface area contributed by atoms with Gasteiger partial charge in [-0.05, 0) is 47.2 Å². The number of hydrogen-bond donors (Lipinski definition) is 3. The Morgan fingerprint density at radius 3 is 2.88 bits per heavy atom. The van der Waals surface area contributed by atoms with Crippen LogP contribution in [0.1, 0.15) is 11.3 Å². The molecule has 0 radical (unpaired) electrons. The van der Waals surface area contributed by atoms with E-state index in [2.05, 4.69) is 10.6 Å². The maximum absolute atomic E-state index is 12.3. The van der Waals surface area contributed by atoms with Gasteiger partial charge in [0.15, 0.2) is 5.60 Å². The van der Waals surface area contributed by atoms with Crippen LogP contribution in [0.5, 0.6) is 5.75 Å². The summed E-state index contributed by atoms with van der Waals surface area (Å²) in [6.07, 6.45) is 1.48. The minimum atomic E-state index is -1.47. The molecule has 0 bridgehead atoms. The monoisotopic (exact) mass is 392 g/mol. The highest BCUT2D eigenvalue weighted by Gasteiger charge is 2.35. The zero-order valence-electron chi connectivity index (χ0n) is 13.9. The predicted molar refractivity (Wildman–Crippen MR) is 101 cm³/mol. The summed E-state index contributed by atoms with van der Waals surface area (Å²) in [4.78, 5) is 12.3.